The van der Waals surface area contributed by atoms with Crippen molar-refractivity contribution in [2.24, 2.45) is 0 Å². The number of hydrogen-bond acceptors (Lipinski definition) is 2. The third-order valence-electron chi connectivity index (χ3n) is 1.63. The maximum absolute atomic E-state index is 11.1. The van der Waals surface area contributed by atoms with E-state index in [1.807, 2.05) is 13.8 Å². The summed E-state index contributed by atoms with van der Waals surface area (Å²) in [6, 6.07) is 0. The zero-order chi connectivity index (χ0) is 9.72. The van der Waals surface area contributed by atoms with E-state index in [-0.39, 0.29) is 0 Å². The lowest BCUT2D eigenvalue weighted by Crippen LogP contribution is -2.16. The molecular formula is C8H16O2S2. The van der Waals surface area contributed by atoms with Crippen LogP contribution >= 0.6 is 0 Å². The second kappa shape index (κ2) is 5.65. The highest BCUT2D eigenvalue weighted by Gasteiger charge is 2.17. The lowest BCUT2D eigenvalue weighted by molar-refractivity contribution is 0.679. The van der Waals surface area contributed by atoms with Crippen LogP contribution in [0.15, 0.2) is 9.81 Å². The molecule has 0 spiro atoms. The zero-order valence-corrected chi connectivity index (χ0v) is 9.68. The van der Waals surface area contributed by atoms with E-state index in [0.717, 1.165) is 9.81 Å². The normalized spacial score (nSPS) is 29.3. The van der Waals surface area contributed by atoms with E-state index >= 15 is 0 Å². The summed E-state index contributed by atoms with van der Waals surface area (Å²) >= 11 is 0. The molecule has 2 unspecified atom stereocenters. The summed E-state index contributed by atoms with van der Waals surface area (Å²) in [4.78, 5) is 1.62. The molecule has 0 bridgehead atoms. The summed E-state index contributed by atoms with van der Waals surface area (Å²) in [6.07, 6.45) is 0. The molecule has 4 heteroatoms. The quantitative estimate of drug-likeness (QED) is 0.608. The fourth-order valence-corrected chi connectivity index (χ4v) is 3.80. The van der Waals surface area contributed by atoms with Crippen molar-refractivity contribution in [1.82, 2.24) is 0 Å². The lowest BCUT2D eigenvalue weighted by Gasteiger charge is -2.12. The second-order valence-corrected chi connectivity index (χ2v) is 5.63. The minimum atomic E-state index is -0.849. The predicted octanol–water partition coefficient (Wildman–Crippen LogP) is 1.78. The van der Waals surface area contributed by atoms with Gasteiger partial charge in [0.2, 0.25) is 0 Å². The van der Waals surface area contributed by atoms with E-state index in [4.69, 9.17) is 0 Å². The number of rotatable bonds is 0. The minimum absolute atomic E-state index is 0.565. The Morgan fingerprint density at radius 2 is 1.17 bits per heavy atom. The highest BCUT2D eigenvalue weighted by molar-refractivity contribution is 7.96. The summed E-state index contributed by atoms with van der Waals surface area (Å²) < 4.78 is 22.1. The molecule has 0 saturated heterocycles. The van der Waals surface area contributed by atoms with Crippen LogP contribution in [0, 0.1) is 0 Å². The molecule has 0 aromatic heterocycles. The van der Waals surface area contributed by atoms with Crippen LogP contribution < -0.4 is 0 Å². The SMILES string of the molecule is CC.CC1=C(C)S(=O)CCS1=O. The van der Waals surface area contributed by atoms with Crippen molar-refractivity contribution < 1.29 is 8.42 Å². The van der Waals surface area contributed by atoms with Crippen molar-refractivity contribution in [2.45, 2.75) is 27.7 Å². The molecule has 72 valence electrons. The Morgan fingerprint density at radius 3 is 1.42 bits per heavy atom. The van der Waals surface area contributed by atoms with Crippen molar-refractivity contribution >= 4 is 21.6 Å². The Hall–Kier alpha value is 0.0400. The monoisotopic (exact) mass is 208 g/mol. The molecule has 1 heterocycles. The third-order valence-corrected chi connectivity index (χ3v) is 5.15. The minimum Gasteiger partial charge on any atom is -0.255 e. The van der Waals surface area contributed by atoms with E-state index in [2.05, 4.69) is 0 Å². The van der Waals surface area contributed by atoms with Gasteiger partial charge in [0, 0.05) is 21.3 Å². The van der Waals surface area contributed by atoms with Gasteiger partial charge in [-0.2, -0.15) is 0 Å². The van der Waals surface area contributed by atoms with Gasteiger partial charge in [0.1, 0.15) is 0 Å². The van der Waals surface area contributed by atoms with Crippen LogP contribution in [0.25, 0.3) is 0 Å². The van der Waals surface area contributed by atoms with Crippen molar-refractivity contribution in [3.05, 3.63) is 9.81 Å². The van der Waals surface area contributed by atoms with Gasteiger partial charge in [-0.1, -0.05) is 13.8 Å². The maximum Gasteiger partial charge on any atom is 0.0503 e. The van der Waals surface area contributed by atoms with Crippen LogP contribution in [0.1, 0.15) is 27.7 Å². The Kier molecular flexibility index (Phi) is 5.66. The first-order valence-electron chi connectivity index (χ1n) is 4.07. The van der Waals surface area contributed by atoms with Crippen LogP contribution in [-0.2, 0) is 21.6 Å². The molecule has 2 nitrogen and oxygen atoms in total. The van der Waals surface area contributed by atoms with E-state index in [1.165, 1.54) is 0 Å². The van der Waals surface area contributed by atoms with Gasteiger partial charge in [-0.3, -0.25) is 8.42 Å². The standard InChI is InChI=1S/C6H10O2S2.C2H6/c1-5-6(2)10(8)4-3-9(5)7;1-2/h3-4H2,1-2H3;1-2H3. The van der Waals surface area contributed by atoms with E-state index in [0.29, 0.717) is 11.5 Å². The van der Waals surface area contributed by atoms with Gasteiger partial charge in [0.25, 0.3) is 0 Å². The summed E-state index contributed by atoms with van der Waals surface area (Å²) in [6.45, 7) is 7.59. The molecule has 0 aliphatic carbocycles. The molecule has 0 N–H and O–H groups in total. The molecule has 0 amide bonds. The van der Waals surface area contributed by atoms with Gasteiger partial charge in [-0.05, 0) is 13.8 Å². The molecule has 1 aliphatic heterocycles. The summed E-state index contributed by atoms with van der Waals surface area (Å²) in [7, 11) is -1.70. The van der Waals surface area contributed by atoms with Gasteiger partial charge in [0.05, 0.1) is 21.6 Å². The van der Waals surface area contributed by atoms with Gasteiger partial charge in [-0.25, -0.2) is 0 Å². The molecule has 0 saturated carbocycles. The van der Waals surface area contributed by atoms with Gasteiger partial charge in [-0.15, -0.1) is 0 Å². The van der Waals surface area contributed by atoms with E-state index in [1.54, 1.807) is 13.8 Å². The van der Waals surface area contributed by atoms with Crippen LogP contribution in [0.3, 0.4) is 0 Å². The molecular weight excluding hydrogens is 192 g/mol. The first-order chi connectivity index (χ1) is 5.63. The largest absolute Gasteiger partial charge is 0.255 e. The Bertz CT molecular complexity index is 207. The van der Waals surface area contributed by atoms with Crippen LogP contribution in [0.4, 0.5) is 0 Å². The highest BCUT2D eigenvalue weighted by atomic mass is 32.2. The molecule has 1 rings (SSSR count). The maximum atomic E-state index is 11.1. The van der Waals surface area contributed by atoms with Gasteiger partial charge >= 0.3 is 0 Å². The van der Waals surface area contributed by atoms with E-state index in [9.17, 15) is 8.42 Å². The molecule has 0 fully saturated rings. The van der Waals surface area contributed by atoms with Crippen molar-refractivity contribution in [1.29, 1.82) is 0 Å². The highest BCUT2D eigenvalue weighted by Crippen LogP contribution is 2.17. The molecule has 0 radical (unpaired) electrons. The van der Waals surface area contributed by atoms with E-state index < -0.39 is 21.6 Å². The van der Waals surface area contributed by atoms with Crippen molar-refractivity contribution in [2.75, 3.05) is 11.5 Å². The predicted molar refractivity (Wildman–Crippen MR) is 55.7 cm³/mol. The lowest BCUT2D eigenvalue weighted by atomic mass is 10.6. The summed E-state index contributed by atoms with van der Waals surface area (Å²) in [5.74, 6) is 1.13. The molecule has 12 heavy (non-hydrogen) atoms. The van der Waals surface area contributed by atoms with Crippen LogP contribution in [-0.4, -0.2) is 19.9 Å². The smallest absolute Gasteiger partial charge is 0.0503 e. The summed E-state index contributed by atoms with van der Waals surface area (Å²) in [5, 5.41) is 0. The fraction of sp³-hybridized carbons (Fsp3) is 0.750. The molecule has 1 aliphatic rings. The molecule has 0 aromatic rings. The van der Waals surface area contributed by atoms with Crippen LogP contribution in [0.5, 0.6) is 0 Å². The Morgan fingerprint density at radius 1 is 0.917 bits per heavy atom. The number of allylic oxidation sites excluding steroid dienone is 2. The van der Waals surface area contributed by atoms with Crippen molar-refractivity contribution in [3.63, 3.8) is 0 Å². The first kappa shape index (κ1) is 12.0. The Balaban J connectivity index is 0.000000561. The average molecular weight is 208 g/mol. The van der Waals surface area contributed by atoms with Crippen molar-refractivity contribution in [3.8, 4) is 0 Å². The van der Waals surface area contributed by atoms with Gasteiger partial charge < -0.3 is 0 Å². The van der Waals surface area contributed by atoms with Crippen LogP contribution in [0.2, 0.25) is 0 Å². The topological polar surface area (TPSA) is 34.1 Å². The molecule has 2 atom stereocenters. The zero-order valence-electron chi connectivity index (χ0n) is 8.05. The molecule has 0 aromatic carbocycles. The first-order valence-corrected chi connectivity index (χ1v) is 6.71. The average Bonchev–Trinajstić information content (AvgIpc) is 2.12. The summed E-state index contributed by atoms with van der Waals surface area (Å²) in [5.41, 5.74) is 0. The Labute approximate surface area is 79.4 Å². The third kappa shape index (κ3) is 2.83. The number of hydrogen-bond donors (Lipinski definition) is 0. The fourth-order valence-electron chi connectivity index (χ4n) is 0.778. The second-order valence-electron chi connectivity index (χ2n) is 2.21. The van der Waals surface area contributed by atoms with Gasteiger partial charge in [0.15, 0.2) is 0 Å².